The largest absolute Gasteiger partial charge is 0.354 e. The van der Waals surface area contributed by atoms with Crippen LogP contribution in [0, 0.1) is 5.92 Å². The van der Waals surface area contributed by atoms with Crippen LogP contribution in [0.5, 0.6) is 0 Å². The molecule has 0 unspecified atom stereocenters. The molecule has 0 spiro atoms. The van der Waals surface area contributed by atoms with Gasteiger partial charge in [0.2, 0.25) is 0 Å². The number of nitrogens with zero attached hydrogens (tertiary/aromatic N) is 3. The van der Waals surface area contributed by atoms with Crippen LogP contribution in [0.25, 0.3) is 0 Å². The average molecular weight is 260 g/mol. The molecular weight excluding hydrogens is 236 g/mol. The zero-order chi connectivity index (χ0) is 13.5. The number of hydrogen-bond acceptors (Lipinski definition) is 2. The van der Waals surface area contributed by atoms with Gasteiger partial charge in [-0.3, -0.25) is 0 Å². The maximum Gasteiger partial charge on any atom is 0.0945 e. The predicted octanol–water partition coefficient (Wildman–Crippen LogP) is 2.52. The molecule has 2 aromatic rings. The Labute approximate surface area is 115 Å². The van der Waals surface area contributed by atoms with Crippen molar-refractivity contribution < 1.29 is 0 Å². The maximum absolute atomic E-state index is 4.05. The van der Waals surface area contributed by atoms with Gasteiger partial charge in [-0.05, 0) is 30.5 Å². The van der Waals surface area contributed by atoms with E-state index in [-0.39, 0.29) is 0 Å². The van der Waals surface area contributed by atoms with Crippen molar-refractivity contribution >= 4 is 0 Å². The summed E-state index contributed by atoms with van der Waals surface area (Å²) in [6.45, 7) is 8.59. The van der Waals surface area contributed by atoms with E-state index in [1.807, 2.05) is 18.7 Å². The van der Waals surface area contributed by atoms with Crippen LogP contribution in [0.15, 0.2) is 37.2 Å². The summed E-state index contributed by atoms with van der Waals surface area (Å²) in [7, 11) is 0. The van der Waals surface area contributed by atoms with Gasteiger partial charge in [0, 0.05) is 44.4 Å². The SMILES string of the molecule is CC(C)CNCc1ccn(CCCn2ccnc2)c1. The van der Waals surface area contributed by atoms with Crippen molar-refractivity contribution in [3.05, 3.63) is 42.7 Å². The van der Waals surface area contributed by atoms with Gasteiger partial charge in [0.1, 0.15) is 0 Å². The lowest BCUT2D eigenvalue weighted by atomic mass is 10.2. The zero-order valence-electron chi connectivity index (χ0n) is 11.9. The average Bonchev–Trinajstić information content (AvgIpc) is 3.00. The highest BCUT2D eigenvalue weighted by Gasteiger charge is 1.98. The van der Waals surface area contributed by atoms with Crippen molar-refractivity contribution in [2.24, 2.45) is 5.92 Å². The molecule has 0 atom stereocenters. The summed E-state index contributed by atoms with van der Waals surface area (Å²) < 4.78 is 4.39. The van der Waals surface area contributed by atoms with Crippen LogP contribution in [0.2, 0.25) is 0 Å². The summed E-state index contributed by atoms with van der Waals surface area (Å²) in [5.74, 6) is 0.706. The molecule has 0 aliphatic heterocycles. The second-order valence-electron chi connectivity index (χ2n) is 5.44. The molecule has 2 aromatic heterocycles. The molecule has 104 valence electrons. The first-order valence-corrected chi connectivity index (χ1v) is 7.05. The first-order valence-electron chi connectivity index (χ1n) is 7.05. The van der Waals surface area contributed by atoms with E-state index in [0.717, 1.165) is 32.6 Å². The van der Waals surface area contributed by atoms with Gasteiger partial charge in [0.25, 0.3) is 0 Å². The third-order valence-electron chi connectivity index (χ3n) is 3.09. The molecule has 0 bridgehead atoms. The molecule has 0 amide bonds. The van der Waals surface area contributed by atoms with Crippen molar-refractivity contribution in [1.29, 1.82) is 0 Å². The van der Waals surface area contributed by atoms with Gasteiger partial charge < -0.3 is 14.5 Å². The highest BCUT2D eigenvalue weighted by Crippen LogP contribution is 2.03. The second kappa shape index (κ2) is 7.14. The minimum Gasteiger partial charge on any atom is -0.354 e. The van der Waals surface area contributed by atoms with Crippen molar-refractivity contribution in [3.63, 3.8) is 0 Å². The zero-order valence-corrected chi connectivity index (χ0v) is 11.9. The molecule has 2 rings (SSSR count). The van der Waals surface area contributed by atoms with Gasteiger partial charge in [-0.2, -0.15) is 0 Å². The number of aromatic nitrogens is 3. The van der Waals surface area contributed by atoms with Crippen LogP contribution in [0.4, 0.5) is 0 Å². The minimum absolute atomic E-state index is 0.706. The lowest BCUT2D eigenvalue weighted by Crippen LogP contribution is -2.18. The first-order chi connectivity index (χ1) is 9.24. The molecule has 0 saturated heterocycles. The van der Waals surface area contributed by atoms with Crippen LogP contribution in [0.3, 0.4) is 0 Å². The van der Waals surface area contributed by atoms with Gasteiger partial charge in [0.05, 0.1) is 6.33 Å². The molecular formula is C15H24N4. The Morgan fingerprint density at radius 1 is 1.21 bits per heavy atom. The standard InChI is InChI=1S/C15H24N4/c1-14(2)10-17-11-15-4-8-18(12-15)6-3-7-19-9-5-16-13-19/h4-5,8-9,12-14,17H,3,6-7,10-11H2,1-2H3. The van der Waals surface area contributed by atoms with Crippen molar-refractivity contribution in [3.8, 4) is 0 Å². The van der Waals surface area contributed by atoms with Crippen LogP contribution in [-0.2, 0) is 19.6 Å². The number of rotatable bonds is 8. The topological polar surface area (TPSA) is 34.8 Å². The summed E-state index contributed by atoms with van der Waals surface area (Å²) in [4.78, 5) is 4.05. The Morgan fingerprint density at radius 2 is 2.05 bits per heavy atom. The summed E-state index contributed by atoms with van der Waals surface area (Å²) in [6, 6.07) is 2.20. The Balaban J connectivity index is 1.68. The van der Waals surface area contributed by atoms with Gasteiger partial charge in [0.15, 0.2) is 0 Å². The Morgan fingerprint density at radius 3 is 2.79 bits per heavy atom. The van der Waals surface area contributed by atoms with Gasteiger partial charge in [-0.15, -0.1) is 0 Å². The van der Waals surface area contributed by atoms with Crippen LogP contribution in [-0.4, -0.2) is 20.7 Å². The Bertz CT molecular complexity index is 456. The van der Waals surface area contributed by atoms with Crippen LogP contribution >= 0.6 is 0 Å². The van der Waals surface area contributed by atoms with Crippen molar-refractivity contribution in [2.45, 2.75) is 39.9 Å². The predicted molar refractivity (Wildman–Crippen MR) is 77.8 cm³/mol. The summed E-state index contributed by atoms with van der Waals surface area (Å²) in [5, 5.41) is 3.47. The lowest BCUT2D eigenvalue weighted by molar-refractivity contribution is 0.548. The van der Waals surface area contributed by atoms with Gasteiger partial charge >= 0.3 is 0 Å². The summed E-state index contributed by atoms with van der Waals surface area (Å²) in [5.41, 5.74) is 1.36. The van der Waals surface area contributed by atoms with E-state index in [1.165, 1.54) is 5.56 Å². The highest BCUT2D eigenvalue weighted by atomic mass is 15.0. The molecule has 0 saturated carbocycles. The quantitative estimate of drug-likeness (QED) is 0.791. The number of imidazole rings is 1. The summed E-state index contributed by atoms with van der Waals surface area (Å²) >= 11 is 0. The fourth-order valence-electron chi connectivity index (χ4n) is 2.09. The third-order valence-corrected chi connectivity index (χ3v) is 3.09. The van der Waals surface area contributed by atoms with E-state index in [0.29, 0.717) is 5.92 Å². The fraction of sp³-hybridized carbons (Fsp3) is 0.533. The highest BCUT2D eigenvalue weighted by molar-refractivity contribution is 5.09. The molecule has 4 heteroatoms. The molecule has 4 nitrogen and oxygen atoms in total. The summed E-state index contributed by atoms with van der Waals surface area (Å²) in [6.07, 6.45) is 11.2. The molecule has 0 fully saturated rings. The lowest BCUT2D eigenvalue weighted by Gasteiger charge is -2.06. The first kappa shape index (κ1) is 13.9. The Hall–Kier alpha value is -1.55. The van der Waals surface area contributed by atoms with Gasteiger partial charge in [-0.1, -0.05) is 13.8 Å². The van der Waals surface area contributed by atoms with E-state index < -0.39 is 0 Å². The molecule has 0 aliphatic carbocycles. The third kappa shape index (κ3) is 4.91. The molecule has 0 aromatic carbocycles. The maximum atomic E-state index is 4.05. The molecule has 19 heavy (non-hydrogen) atoms. The monoisotopic (exact) mass is 260 g/mol. The fourth-order valence-corrected chi connectivity index (χ4v) is 2.09. The van der Waals surface area contributed by atoms with Crippen LogP contribution < -0.4 is 5.32 Å². The number of nitrogens with one attached hydrogen (secondary N) is 1. The van der Waals surface area contributed by atoms with Crippen molar-refractivity contribution in [1.82, 2.24) is 19.4 Å². The van der Waals surface area contributed by atoms with E-state index in [2.05, 4.69) is 51.7 Å². The molecule has 0 aliphatic rings. The minimum atomic E-state index is 0.706. The number of aryl methyl sites for hydroxylation is 2. The smallest absolute Gasteiger partial charge is 0.0945 e. The van der Waals surface area contributed by atoms with Gasteiger partial charge in [-0.25, -0.2) is 4.98 Å². The second-order valence-corrected chi connectivity index (χ2v) is 5.44. The van der Waals surface area contributed by atoms with Crippen LogP contribution in [0.1, 0.15) is 25.8 Å². The van der Waals surface area contributed by atoms with Crippen molar-refractivity contribution in [2.75, 3.05) is 6.54 Å². The molecule has 0 radical (unpaired) electrons. The Kier molecular flexibility index (Phi) is 5.21. The molecule has 2 heterocycles. The van der Waals surface area contributed by atoms with E-state index in [9.17, 15) is 0 Å². The number of hydrogen-bond donors (Lipinski definition) is 1. The molecule has 1 N–H and O–H groups in total. The van der Waals surface area contributed by atoms with E-state index >= 15 is 0 Å². The van der Waals surface area contributed by atoms with E-state index in [4.69, 9.17) is 0 Å². The van der Waals surface area contributed by atoms with E-state index in [1.54, 1.807) is 0 Å². The normalized spacial score (nSPS) is 11.3.